The van der Waals surface area contributed by atoms with Crippen molar-refractivity contribution in [3.63, 3.8) is 0 Å². The molecule has 0 aliphatic rings. The van der Waals surface area contributed by atoms with E-state index >= 15 is 0 Å². The summed E-state index contributed by atoms with van der Waals surface area (Å²) in [6.07, 6.45) is 0. The third kappa shape index (κ3) is 3.46. The number of rotatable bonds is 4. The van der Waals surface area contributed by atoms with Crippen molar-refractivity contribution in [2.24, 2.45) is 5.10 Å². The number of hydrogen-bond acceptors (Lipinski definition) is 4. The van der Waals surface area contributed by atoms with Gasteiger partial charge in [0.25, 0.3) is 5.91 Å². The van der Waals surface area contributed by atoms with Crippen LogP contribution >= 0.6 is 15.9 Å². The van der Waals surface area contributed by atoms with Crippen molar-refractivity contribution >= 4 is 27.5 Å². The first-order valence-corrected chi connectivity index (χ1v) is 7.29. The Morgan fingerprint density at radius 1 is 1.18 bits per heavy atom. The number of amides is 1. The standard InChI is InChI=1S/C16H15BrN2O3/c1-10(11-7-5-9-14(22-2)15(11)20)18-19-16(21)12-6-3-4-8-13(12)17/h3-9,20H,1-2H3,(H,19,21). The average molecular weight is 363 g/mol. The smallest absolute Gasteiger partial charge is 0.272 e. The Balaban J connectivity index is 2.20. The first-order valence-electron chi connectivity index (χ1n) is 6.50. The van der Waals surface area contributed by atoms with Crippen molar-refractivity contribution < 1.29 is 14.6 Å². The van der Waals surface area contributed by atoms with E-state index in [0.717, 1.165) is 0 Å². The molecular weight excluding hydrogens is 348 g/mol. The molecule has 0 aliphatic heterocycles. The van der Waals surface area contributed by atoms with Crippen LogP contribution < -0.4 is 10.2 Å². The number of methoxy groups -OCH3 is 1. The van der Waals surface area contributed by atoms with E-state index in [1.807, 2.05) is 6.07 Å². The Kier molecular flexibility index (Phi) is 5.16. The molecule has 2 N–H and O–H groups in total. The lowest BCUT2D eigenvalue weighted by molar-refractivity contribution is 0.0954. The maximum absolute atomic E-state index is 12.1. The monoisotopic (exact) mass is 362 g/mol. The minimum Gasteiger partial charge on any atom is -0.504 e. The summed E-state index contributed by atoms with van der Waals surface area (Å²) in [5, 5.41) is 14.1. The number of benzene rings is 2. The summed E-state index contributed by atoms with van der Waals surface area (Å²) in [6.45, 7) is 1.69. The molecule has 1 amide bonds. The lowest BCUT2D eigenvalue weighted by atomic mass is 10.1. The van der Waals surface area contributed by atoms with Gasteiger partial charge in [-0.3, -0.25) is 4.79 Å². The van der Waals surface area contributed by atoms with Crippen molar-refractivity contribution in [2.75, 3.05) is 7.11 Å². The lowest BCUT2D eigenvalue weighted by Gasteiger charge is -2.09. The average Bonchev–Trinajstić information content (AvgIpc) is 2.53. The zero-order valence-electron chi connectivity index (χ0n) is 12.1. The summed E-state index contributed by atoms with van der Waals surface area (Å²) >= 11 is 3.31. The zero-order valence-corrected chi connectivity index (χ0v) is 13.7. The number of hydrogen-bond donors (Lipinski definition) is 2. The molecule has 6 heteroatoms. The van der Waals surface area contributed by atoms with Gasteiger partial charge in [-0.15, -0.1) is 0 Å². The molecule has 0 saturated heterocycles. The fraction of sp³-hybridized carbons (Fsp3) is 0.125. The highest BCUT2D eigenvalue weighted by molar-refractivity contribution is 9.10. The maximum Gasteiger partial charge on any atom is 0.272 e. The number of carbonyl (C=O) groups is 1. The Hall–Kier alpha value is -2.34. The SMILES string of the molecule is COc1cccc(C(C)=NNC(=O)c2ccccc2Br)c1O. The van der Waals surface area contributed by atoms with E-state index in [1.165, 1.54) is 7.11 Å². The fourth-order valence-electron chi connectivity index (χ4n) is 1.88. The first-order chi connectivity index (χ1) is 10.5. The van der Waals surface area contributed by atoms with Crippen LogP contribution in [0.25, 0.3) is 0 Å². The number of phenolic OH excluding ortho intramolecular Hbond substituents is 1. The number of hydrazone groups is 1. The molecule has 0 unspecified atom stereocenters. The number of phenols is 1. The van der Waals surface area contributed by atoms with Gasteiger partial charge in [0.05, 0.1) is 18.4 Å². The molecule has 2 aromatic carbocycles. The Bertz CT molecular complexity index is 729. The van der Waals surface area contributed by atoms with E-state index in [-0.39, 0.29) is 11.7 Å². The molecule has 0 radical (unpaired) electrons. The van der Waals surface area contributed by atoms with Crippen LogP contribution in [0.4, 0.5) is 0 Å². The number of halogens is 1. The van der Waals surface area contributed by atoms with Crippen LogP contribution in [0.2, 0.25) is 0 Å². The minimum atomic E-state index is -0.339. The number of aromatic hydroxyl groups is 1. The molecule has 2 aromatic rings. The van der Waals surface area contributed by atoms with E-state index in [4.69, 9.17) is 4.74 Å². The minimum absolute atomic E-state index is 0.0126. The highest BCUT2D eigenvalue weighted by Crippen LogP contribution is 2.29. The summed E-state index contributed by atoms with van der Waals surface area (Å²) < 4.78 is 5.73. The van der Waals surface area contributed by atoms with E-state index in [1.54, 1.807) is 43.3 Å². The van der Waals surface area contributed by atoms with Gasteiger partial charge in [-0.1, -0.05) is 18.2 Å². The van der Waals surface area contributed by atoms with Crippen LogP contribution in [0, 0.1) is 0 Å². The molecule has 5 nitrogen and oxygen atoms in total. The summed E-state index contributed by atoms with van der Waals surface area (Å²) in [5.74, 6) is -0.000202. The highest BCUT2D eigenvalue weighted by atomic mass is 79.9. The number of nitrogens with one attached hydrogen (secondary N) is 1. The zero-order chi connectivity index (χ0) is 16.1. The molecule has 0 bridgehead atoms. The Morgan fingerprint density at radius 2 is 1.86 bits per heavy atom. The van der Waals surface area contributed by atoms with Gasteiger partial charge >= 0.3 is 0 Å². The van der Waals surface area contributed by atoms with Gasteiger partial charge in [-0.2, -0.15) is 5.10 Å². The highest BCUT2D eigenvalue weighted by Gasteiger charge is 2.11. The second kappa shape index (κ2) is 7.09. The molecule has 22 heavy (non-hydrogen) atoms. The summed E-state index contributed by atoms with van der Waals surface area (Å²) in [4.78, 5) is 12.1. The predicted molar refractivity (Wildman–Crippen MR) is 88.5 cm³/mol. The van der Waals surface area contributed by atoms with E-state index in [9.17, 15) is 9.90 Å². The van der Waals surface area contributed by atoms with Crippen LogP contribution in [0.15, 0.2) is 52.0 Å². The third-order valence-corrected chi connectivity index (χ3v) is 3.74. The van der Waals surface area contributed by atoms with Crippen molar-refractivity contribution in [1.82, 2.24) is 5.43 Å². The van der Waals surface area contributed by atoms with Crippen LogP contribution in [0.1, 0.15) is 22.8 Å². The maximum atomic E-state index is 12.1. The second-order valence-electron chi connectivity index (χ2n) is 4.47. The molecule has 0 atom stereocenters. The van der Waals surface area contributed by atoms with Crippen LogP contribution in [0.3, 0.4) is 0 Å². The van der Waals surface area contributed by atoms with Crippen LogP contribution in [-0.4, -0.2) is 23.8 Å². The van der Waals surface area contributed by atoms with Gasteiger partial charge in [0.2, 0.25) is 0 Å². The molecule has 0 aliphatic carbocycles. The number of carbonyl (C=O) groups excluding carboxylic acids is 1. The number of nitrogens with zero attached hydrogens (tertiary/aromatic N) is 1. The van der Waals surface area contributed by atoms with Crippen molar-refractivity contribution in [3.05, 3.63) is 58.1 Å². The number of ether oxygens (including phenoxy) is 1. The molecular formula is C16H15BrN2O3. The van der Waals surface area contributed by atoms with Crippen LogP contribution in [-0.2, 0) is 0 Å². The second-order valence-corrected chi connectivity index (χ2v) is 5.33. The van der Waals surface area contributed by atoms with Crippen molar-refractivity contribution in [2.45, 2.75) is 6.92 Å². The van der Waals surface area contributed by atoms with Crippen LogP contribution in [0.5, 0.6) is 11.5 Å². The predicted octanol–water partition coefficient (Wildman–Crippen LogP) is 3.32. The van der Waals surface area contributed by atoms with Gasteiger partial charge in [-0.05, 0) is 47.1 Å². The Morgan fingerprint density at radius 3 is 2.55 bits per heavy atom. The van der Waals surface area contributed by atoms with E-state index in [0.29, 0.717) is 27.1 Å². The molecule has 0 heterocycles. The van der Waals surface area contributed by atoms with Crippen molar-refractivity contribution in [1.29, 1.82) is 0 Å². The lowest BCUT2D eigenvalue weighted by Crippen LogP contribution is -2.19. The first kappa shape index (κ1) is 16.0. The molecule has 0 spiro atoms. The molecule has 114 valence electrons. The molecule has 2 rings (SSSR count). The quantitative estimate of drug-likeness (QED) is 0.647. The van der Waals surface area contributed by atoms with E-state index in [2.05, 4.69) is 26.5 Å². The van der Waals surface area contributed by atoms with Gasteiger partial charge in [0, 0.05) is 10.0 Å². The largest absolute Gasteiger partial charge is 0.504 e. The summed E-state index contributed by atoms with van der Waals surface area (Å²) in [6, 6.07) is 12.1. The third-order valence-electron chi connectivity index (χ3n) is 3.05. The van der Waals surface area contributed by atoms with Gasteiger partial charge in [0.15, 0.2) is 11.5 Å². The number of para-hydroxylation sites is 1. The van der Waals surface area contributed by atoms with E-state index < -0.39 is 0 Å². The Labute approximate surface area is 136 Å². The molecule has 0 aromatic heterocycles. The summed E-state index contributed by atoms with van der Waals surface area (Å²) in [7, 11) is 1.47. The molecule has 0 saturated carbocycles. The normalized spacial score (nSPS) is 11.1. The van der Waals surface area contributed by atoms with Gasteiger partial charge in [0.1, 0.15) is 0 Å². The summed E-state index contributed by atoms with van der Waals surface area (Å²) in [5.41, 5.74) is 3.91. The molecule has 0 fully saturated rings. The van der Waals surface area contributed by atoms with Gasteiger partial charge < -0.3 is 9.84 Å². The van der Waals surface area contributed by atoms with Gasteiger partial charge in [-0.25, -0.2) is 5.43 Å². The van der Waals surface area contributed by atoms with Crippen molar-refractivity contribution in [3.8, 4) is 11.5 Å². The fourth-order valence-corrected chi connectivity index (χ4v) is 2.34. The topological polar surface area (TPSA) is 70.9 Å².